The number of nitrogens with two attached hydrogens (primary N) is 1. The highest BCUT2D eigenvalue weighted by atomic mass is 16.5. The number of aliphatic hydroxyl groups excluding tert-OH is 1. The molecule has 1 saturated carbocycles. The number of rotatable bonds is 7. The predicted molar refractivity (Wildman–Crippen MR) is 101 cm³/mol. The average molecular weight is 382 g/mol. The van der Waals surface area contributed by atoms with E-state index in [1.165, 1.54) is 0 Å². The van der Waals surface area contributed by atoms with E-state index in [2.05, 4.69) is 20.3 Å². The fourth-order valence-electron chi connectivity index (χ4n) is 3.66. The predicted octanol–water partition coefficient (Wildman–Crippen LogP) is 1.03. The number of aliphatic hydroxyl groups is 1. The molecule has 0 spiro atoms. The van der Waals surface area contributed by atoms with Crippen LogP contribution in [0.2, 0.25) is 0 Å². The van der Waals surface area contributed by atoms with Crippen molar-refractivity contribution >= 4 is 17.1 Å². The van der Waals surface area contributed by atoms with E-state index >= 15 is 0 Å². The average Bonchev–Trinajstić information content (AvgIpc) is 3.34. The summed E-state index contributed by atoms with van der Waals surface area (Å²) in [7, 11) is 0. The molecule has 1 aliphatic rings. The minimum atomic E-state index is -0.215. The molecule has 28 heavy (non-hydrogen) atoms. The van der Waals surface area contributed by atoms with Crippen LogP contribution in [0, 0.1) is 11.8 Å². The third-order valence-corrected chi connectivity index (χ3v) is 5.10. The van der Waals surface area contributed by atoms with Crippen molar-refractivity contribution in [2.45, 2.75) is 25.7 Å². The lowest BCUT2D eigenvalue weighted by Gasteiger charge is -2.09. The Hall–Kier alpha value is -3.07. The van der Waals surface area contributed by atoms with Gasteiger partial charge in [0.05, 0.1) is 18.5 Å². The summed E-state index contributed by atoms with van der Waals surface area (Å²) in [4.78, 5) is 20.4. The van der Waals surface area contributed by atoms with Crippen LogP contribution in [0.15, 0.2) is 30.5 Å². The lowest BCUT2D eigenvalue weighted by molar-refractivity contribution is -0.121. The normalized spacial score (nSPS) is 19.2. The molecule has 3 N–H and O–H groups in total. The summed E-state index contributed by atoms with van der Waals surface area (Å²) in [5, 5.41) is 17.2. The summed E-state index contributed by atoms with van der Waals surface area (Å²) in [5.74, 6) is 1.50. The largest absolute Gasteiger partial charge is 0.491 e. The van der Waals surface area contributed by atoms with Gasteiger partial charge in [0, 0.05) is 12.3 Å². The molecule has 0 aliphatic heterocycles. The Morgan fingerprint density at radius 1 is 1.29 bits per heavy atom. The minimum absolute atomic E-state index is 0.0314. The number of hydrogen-bond acceptors (Lipinski definition) is 7. The van der Waals surface area contributed by atoms with Crippen molar-refractivity contribution < 1.29 is 14.6 Å². The van der Waals surface area contributed by atoms with Crippen LogP contribution in [0.25, 0.3) is 16.9 Å². The van der Waals surface area contributed by atoms with Gasteiger partial charge in [0.15, 0.2) is 11.2 Å². The van der Waals surface area contributed by atoms with Crippen molar-refractivity contribution in [3.63, 3.8) is 0 Å². The summed E-state index contributed by atoms with van der Waals surface area (Å²) in [6.45, 7) is 0.219. The molecule has 9 heteroatoms. The van der Waals surface area contributed by atoms with Gasteiger partial charge in [0.25, 0.3) is 0 Å². The van der Waals surface area contributed by atoms with Gasteiger partial charge in [-0.2, -0.15) is 4.68 Å². The fourth-order valence-corrected chi connectivity index (χ4v) is 3.66. The van der Waals surface area contributed by atoms with Gasteiger partial charge < -0.3 is 15.6 Å². The van der Waals surface area contributed by atoms with E-state index in [0.717, 1.165) is 24.9 Å². The number of hydrogen-bond donors (Lipinski definition) is 2. The zero-order valence-electron chi connectivity index (χ0n) is 15.4. The van der Waals surface area contributed by atoms with E-state index in [1.807, 2.05) is 24.3 Å². The molecule has 146 valence electrons. The molecular formula is C19H22N6O3. The van der Waals surface area contributed by atoms with Crippen LogP contribution in [0.5, 0.6) is 5.75 Å². The van der Waals surface area contributed by atoms with Crippen molar-refractivity contribution in [1.29, 1.82) is 0 Å². The fraction of sp³-hybridized carbons (Fsp3) is 0.421. The van der Waals surface area contributed by atoms with Crippen LogP contribution in [0.3, 0.4) is 0 Å². The highest BCUT2D eigenvalue weighted by molar-refractivity contribution is 5.76. The van der Waals surface area contributed by atoms with Crippen LogP contribution in [0.4, 0.5) is 0 Å². The first-order valence-corrected chi connectivity index (χ1v) is 9.35. The standard InChI is InChI=1S/C19H22N6O3/c20-18(27)13-2-1-12(9-13)10-17-21-11-16-19(22-17)25(24-23-16)14-3-5-15(6-4-14)28-8-7-26/h3-6,11-13,26H,1-2,7-10H2,(H2,20,27)/t12-,13-/m1/s1. The Morgan fingerprint density at radius 2 is 2.11 bits per heavy atom. The number of carbonyl (C=O) groups excluding carboxylic acids is 1. The molecule has 0 unspecified atom stereocenters. The molecule has 0 saturated heterocycles. The number of primary amides is 1. The zero-order chi connectivity index (χ0) is 19.5. The zero-order valence-corrected chi connectivity index (χ0v) is 15.4. The Labute approximate surface area is 161 Å². The van der Waals surface area contributed by atoms with E-state index in [9.17, 15) is 4.79 Å². The number of carbonyl (C=O) groups is 1. The SMILES string of the molecule is NC(=O)[C@@H]1CC[C@@H](Cc2ncc3nnn(-c4ccc(OCCO)cc4)c3n2)C1. The molecule has 1 aromatic carbocycles. The molecule has 2 heterocycles. The van der Waals surface area contributed by atoms with Crippen molar-refractivity contribution in [3.05, 3.63) is 36.3 Å². The van der Waals surface area contributed by atoms with Gasteiger partial charge in [-0.3, -0.25) is 4.79 Å². The van der Waals surface area contributed by atoms with Crippen LogP contribution in [-0.2, 0) is 11.2 Å². The molecule has 1 amide bonds. The second kappa shape index (κ2) is 7.89. The van der Waals surface area contributed by atoms with Gasteiger partial charge in [0.2, 0.25) is 5.91 Å². The molecule has 0 bridgehead atoms. The first-order chi connectivity index (χ1) is 13.6. The number of aromatic nitrogens is 5. The second-order valence-corrected chi connectivity index (χ2v) is 7.04. The summed E-state index contributed by atoms with van der Waals surface area (Å²) in [6, 6.07) is 7.33. The number of benzene rings is 1. The van der Waals surface area contributed by atoms with Gasteiger partial charge in [-0.05, 0) is 49.4 Å². The van der Waals surface area contributed by atoms with Gasteiger partial charge in [-0.15, -0.1) is 5.10 Å². The van der Waals surface area contributed by atoms with Gasteiger partial charge in [-0.1, -0.05) is 5.21 Å². The topological polar surface area (TPSA) is 129 Å². The molecule has 9 nitrogen and oxygen atoms in total. The highest BCUT2D eigenvalue weighted by Gasteiger charge is 2.29. The summed E-state index contributed by atoms with van der Waals surface area (Å²) < 4.78 is 7.04. The third-order valence-electron chi connectivity index (χ3n) is 5.10. The minimum Gasteiger partial charge on any atom is -0.491 e. The van der Waals surface area contributed by atoms with Crippen LogP contribution in [-0.4, -0.2) is 49.2 Å². The molecule has 1 fully saturated rings. The van der Waals surface area contributed by atoms with Gasteiger partial charge >= 0.3 is 0 Å². The maximum absolute atomic E-state index is 11.4. The van der Waals surface area contributed by atoms with Crippen LogP contribution >= 0.6 is 0 Å². The number of fused-ring (bicyclic) bond motifs is 1. The summed E-state index contributed by atoms with van der Waals surface area (Å²) >= 11 is 0. The smallest absolute Gasteiger partial charge is 0.220 e. The highest BCUT2D eigenvalue weighted by Crippen LogP contribution is 2.32. The van der Waals surface area contributed by atoms with Crippen LogP contribution in [0.1, 0.15) is 25.1 Å². The van der Waals surface area contributed by atoms with Crippen molar-refractivity contribution in [2.75, 3.05) is 13.2 Å². The first-order valence-electron chi connectivity index (χ1n) is 9.35. The van der Waals surface area contributed by atoms with Crippen LogP contribution < -0.4 is 10.5 Å². The molecular weight excluding hydrogens is 360 g/mol. The Morgan fingerprint density at radius 3 is 2.82 bits per heavy atom. The second-order valence-electron chi connectivity index (χ2n) is 7.04. The number of amides is 1. The molecule has 2 atom stereocenters. The Balaban J connectivity index is 1.54. The molecule has 4 rings (SSSR count). The van der Waals surface area contributed by atoms with Gasteiger partial charge in [0.1, 0.15) is 18.2 Å². The van der Waals surface area contributed by atoms with E-state index in [0.29, 0.717) is 35.1 Å². The number of nitrogens with zero attached hydrogens (tertiary/aromatic N) is 5. The van der Waals surface area contributed by atoms with E-state index < -0.39 is 0 Å². The Kier molecular flexibility index (Phi) is 5.16. The lowest BCUT2D eigenvalue weighted by Crippen LogP contribution is -2.21. The molecule has 3 aromatic rings. The third kappa shape index (κ3) is 3.79. The van der Waals surface area contributed by atoms with Gasteiger partial charge in [-0.25, -0.2) is 9.97 Å². The van der Waals surface area contributed by atoms with E-state index in [4.69, 9.17) is 15.6 Å². The maximum atomic E-state index is 11.4. The first kappa shape index (κ1) is 18.3. The van der Waals surface area contributed by atoms with Crippen molar-refractivity contribution in [1.82, 2.24) is 25.0 Å². The molecule has 2 aromatic heterocycles. The van der Waals surface area contributed by atoms with E-state index in [1.54, 1.807) is 10.9 Å². The summed E-state index contributed by atoms with van der Waals surface area (Å²) in [6.07, 6.45) is 4.98. The molecule has 1 aliphatic carbocycles. The molecule has 0 radical (unpaired) electrons. The quantitative estimate of drug-likeness (QED) is 0.624. The van der Waals surface area contributed by atoms with Crippen molar-refractivity contribution in [3.8, 4) is 11.4 Å². The Bertz CT molecular complexity index is 971. The monoisotopic (exact) mass is 382 g/mol. The number of ether oxygens (including phenoxy) is 1. The van der Waals surface area contributed by atoms with Crippen molar-refractivity contribution in [2.24, 2.45) is 17.6 Å². The summed E-state index contributed by atoms with van der Waals surface area (Å²) in [5.41, 5.74) is 7.48. The van der Waals surface area contributed by atoms with E-state index in [-0.39, 0.29) is 25.0 Å². The lowest BCUT2D eigenvalue weighted by atomic mass is 10.0. The maximum Gasteiger partial charge on any atom is 0.220 e.